The van der Waals surface area contributed by atoms with Gasteiger partial charge in [-0.1, -0.05) is 19.1 Å². The highest BCUT2D eigenvalue weighted by Gasteiger charge is 2.32. The van der Waals surface area contributed by atoms with Crippen molar-refractivity contribution < 1.29 is 23.0 Å². The lowest BCUT2D eigenvalue weighted by molar-refractivity contribution is -0.121. The molecular weight excluding hydrogens is 404 g/mol. The molecule has 4 rings (SSSR count). The van der Waals surface area contributed by atoms with E-state index < -0.39 is 6.43 Å². The summed E-state index contributed by atoms with van der Waals surface area (Å²) in [5.74, 6) is 0.844. The fourth-order valence-corrected chi connectivity index (χ4v) is 3.78. The van der Waals surface area contributed by atoms with Gasteiger partial charge < -0.3 is 9.47 Å². The van der Waals surface area contributed by atoms with Crippen molar-refractivity contribution in [2.24, 2.45) is 7.05 Å². The van der Waals surface area contributed by atoms with Crippen molar-refractivity contribution in [3.8, 4) is 11.6 Å². The second kappa shape index (κ2) is 8.61. The van der Waals surface area contributed by atoms with Crippen LogP contribution in [0.4, 0.5) is 8.78 Å². The molecular formula is C23H25F2N3O3. The zero-order valence-corrected chi connectivity index (χ0v) is 17.8. The molecule has 1 aliphatic carbocycles. The van der Waals surface area contributed by atoms with E-state index >= 15 is 0 Å². The third-order valence-electron chi connectivity index (χ3n) is 5.63. The van der Waals surface area contributed by atoms with Gasteiger partial charge in [-0.15, -0.1) is 0 Å². The maximum Gasteiger partial charge on any atom is 0.264 e. The molecule has 0 saturated heterocycles. The molecule has 0 aliphatic heterocycles. The van der Waals surface area contributed by atoms with Crippen LogP contribution in [0.25, 0.3) is 11.0 Å². The summed E-state index contributed by atoms with van der Waals surface area (Å²) in [6.45, 7) is 1.73. The number of halogens is 2. The molecule has 164 valence electrons. The molecule has 31 heavy (non-hydrogen) atoms. The Bertz CT molecular complexity index is 1090. The molecule has 1 fully saturated rings. The Morgan fingerprint density at radius 3 is 2.58 bits per heavy atom. The summed E-state index contributed by atoms with van der Waals surface area (Å²) in [5, 5.41) is 4.81. The van der Waals surface area contributed by atoms with Gasteiger partial charge in [0.1, 0.15) is 12.4 Å². The molecule has 0 N–H and O–H groups in total. The van der Waals surface area contributed by atoms with E-state index in [-0.39, 0.29) is 42.1 Å². The number of fused-ring (bicyclic) bond motifs is 1. The standard InChI is InChI=1S/C23H25F2N3O3/c1-13(14-6-8-17(30-3)9-7-14)10-16(29)12-31-19-11-18(22(24)25)20-21(15-4-5-15)27-28(2)23(20)26-19/h6-9,11,13,15,22H,4-5,10,12H2,1-3H3/t13-/m1/s1. The van der Waals surface area contributed by atoms with Crippen molar-refractivity contribution in [1.82, 2.24) is 14.8 Å². The maximum absolute atomic E-state index is 13.8. The smallest absolute Gasteiger partial charge is 0.264 e. The quantitative estimate of drug-likeness (QED) is 0.482. The van der Waals surface area contributed by atoms with Gasteiger partial charge in [0.2, 0.25) is 5.88 Å². The van der Waals surface area contributed by atoms with Crippen LogP contribution in [0.5, 0.6) is 11.6 Å². The number of pyridine rings is 1. The number of aromatic nitrogens is 3. The lowest BCUT2D eigenvalue weighted by Crippen LogP contribution is -2.14. The summed E-state index contributed by atoms with van der Waals surface area (Å²) < 4.78 is 39.7. The lowest BCUT2D eigenvalue weighted by atomic mass is 9.96. The monoisotopic (exact) mass is 429 g/mol. The molecule has 2 heterocycles. The first-order valence-corrected chi connectivity index (χ1v) is 10.3. The van der Waals surface area contributed by atoms with Crippen molar-refractivity contribution in [1.29, 1.82) is 0 Å². The minimum Gasteiger partial charge on any atom is -0.497 e. The third kappa shape index (κ3) is 4.52. The molecule has 1 aliphatic rings. The van der Waals surface area contributed by atoms with Gasteiger partial charge in [0, 0.05) is 31.0 Å². The number of Topliss-reactive ketones (excluding diaryl/α,β-unsaturated/α-hetero) is 1. The van der Waals surface area contributed by atoms with Crippen LogP contribution in [0.15, 0.2) is 30.3 Å². The molecule has 0 amide bonds. The second-order valence-corrected chi connectivity index (χ2v) is 8.04. The molecule has 0 unspecified atom stereocenters. The van der Waals surface area contributed by atoms with Crippen LogP contribution >= 0.6 is 0 Å². The van der Waals surface area contributed by atoms with Crippen molar-refractivity contribution in [3.63, 3.8) is 0 Å². The van der Waals surface area contributed by atoms with Gasteiger partial charge in [-0.05, 0) is 36.5 Å². The van der Waals surface area contributed by atoms with Crippen molar-refractivity contribution in [2.75, 3.05) is 13.7 Å². The molecule has 0 bridgehead atoms. The number of methoxy groups -OCH3 is 1. The van der Waals surface area contributed by atoms with Gasteiger partial charge in [0.15, 0.2) is 11.4 Å². The average molecular weight is 429 g/mol. The maximum atomic E-state index is 13.8. The zero-order valence-electron chi connectivity index (χ0n) is 17.8. The van der Waals surface area contributed by atoms with Crippen LogP contribution in [0.2, 0.25) is 0 Å². The van der Waals surface area contributed by atoms with E-state index in [1.54, 1.807) is 14.2 Å². The Balaban J connectivity index is 1.47. The lowest BCUT2D eigenvalue weighted by Gasteiger charge is -2.13. The zero-order chi connectivity index (χ0) is 22.1. The molecule has 2 aromatic heterocycles. The first-order chi connectivity index (χ1) is 14.9. The molecule has 1 aromatic carbocycles. The summed E-state index contributed by atoms with van der Waals surface area (Å²) >= 11 is 0. The van der Waals surface area contributed by atoms with E-state index in [1.807, 2.05) is 31.2 Å². The Labute approximate surface area is 179 Å². The summed E-state index contributed by atoms with van der Waals surface area (Å²) in [6, 6.07) is 8.77. The number of aryl methyl sites for hydroxylation is 1. The van der Waals surface area contributed by atoms with E-state index in [0.717, 1.165) is 24.2 Å². The number of carbonyl (C=O) groups excluding carboxylic acids is 1. The molecule has 8 heteroatoms. The van der Waals surface area contributed by atoms with Crippen LogP contribution in [0, 0.1) is 0 Å². The van der Waals surface area contributed by atoms with Crippen molar-refractivity contribution in [3.05, 3.63) is 47.2 Å². The van der Waals surface area contributed by atoms with E-state index in [4.69, 9.17) is 9.47 Å². The number of rotatable bonds is 9. The van der Waals surface area contributed by atoms with Crippen LogP contribution in [0.3, 0.4) is 0 Å². The number of ether oxygens (including phenoxy) is 2. The minimum atomic E-state index is -2.68. The number of hydrogen-bond donors (Lipinski definition) is 0. The molecule has 1 saturated carbocycles. The fraction of sp³-hybridized carbons (Fsp3) is 0.435. The van der Waals surface area contributed by atoms with Crippen molar-refractivity contribution >= 4 is 16.8 Å². The first-order valence-electron chi connectivity index (χ1n) is 10.3. The Morgan fingerprint density at radius 1 is 1.26 bits per heavy atom. The fourth-order valence-electron chi connectivity index (χ4n) is 3.78. The van der Waals surface area contributed by atoms with Gasteiger partial charge in [0.05, 0.1) is 18.2 Å². The van der Waals surface area contributed by atoms with E-state index in [9.17, 15) is 13.6 Å². The largest absolute Gasteiger partial charge is 0.497 e. The second-order valence-electron chi connectivity index (χ2n) is 8.04. The minimum absolute atomic E-state index is 0.00718. The predicted molar refractivity (Wildman–Crippen MR) is 112 cm³/mol. The van der Waals surface area contributed by atoms with E-state index in [2.05, 4.69) is 10.1 Å². The Kier molecular flexibility index (Phi) is 5.89. The average Bonchev–Trinajstić information content (AvgIpc) is 3.55. The van der Waals surface area contributed by atoms with Crippen LogP contribution < -0.4 is 9.47 Å². The summed E-state index contributed by atoms with van der Waals surface area (Å²) in [7, 11) is 3.28. The molecule has 1 atom stereocenters. The first kappa shape index (κ1) is 21.2. The Morgan fingerprint density at radius 2 is 1.97 bits per heavy atom. The molecule has 0 radical (unpaired) electrons. The van der Waals surface area contributed by atoms with Crippen LogP contribution in [-0.2, 0) is 11.8 Å². The Hall–Kier alpha value is -3.03. The van der Waals surface area contributed by atoms with Crippen molar-refractivity contribution in [2.45, 2.75) is 44.4 Å². The number of nitrogens with zero attached hydrogens (tertiary/aromatic N) is 3. The molecule has 3 aromatic rings. The summed E-state index contributed by atoms with van der Waals surface area (Å²) in [5.41, 5.74) is 1.90. The van der Waals surface area contributed by atoms with E-state index in [0.29, 0.717) is 16.7 Å². The van der Waals surface area contributed by atoms with Gasteiger partial charge >= 0.3 is 0 Å². The SMILES string of the molecule is COc1ccc([C@H](C)CC(=O)COc2cc(C(F)F)c3c(C4CC4)nn(C)c3n2)cc1. The van der Waals surface area contributed by atoms with Crippen LogP contribution in [0.1, 0.15) is 61.3 Å². The van der Waals surface area contributed by atoms with Crippen LogP contribution in [-0.4, -0.2) is 34.3 Å². The highest BCUT2D eigenvalue weighted by molar-refractivity contribution is 5.84. The number of ketones is 1. The summed E-state index contributed by atoms with van der Waals surface area (Å²) in [6.07, 6.45) is -0.504. The normalized spacial score (nSPS) is 14.8. The number of hydrogen-bond acceptors (Lipinski definition) is 5. The summed E-state index contributed by atoms with van der Waals surface area (Å²) in [4.78, 5) is 16.8. The predicted octanol–water partition coefficient (Wildman–Crippen LogP) is 4.93. The highest BCUT2D eigenvalue weighted by atomic mass is 19.3. The third-order valence-corrected chi connectivity index (χ3v) is 5.63. The van der Waals surface area contributed by atoms with E-state index in [1.165, 1.54) is 10.7 Å². The number of alkyl halides is 2. The molecule has 0 spiro atoms. The highest BCUT2D eigenvalue weighted by Crippen LogP contribution is 2.44. The molecule has 6 nitrogen and oxygen atoms in total. The van der Waals surface area contributed by atoms with Gasteiger partial charge in [0.25, 0.3) is 6.43 Å². The van der Waals surface area contributed by atoms with Gasteiger partial charge in [-0.2, -0.15) is 10.1 Å². The van der Waals surface area contributed by atoms with Gasteiger partial charge in [-0.3, -0.25) is 9.48 Å². The van der Waals surface area contributed by atoms with Gasteiger partial charge in [-0.25, -0.2) is 8.78 Å². The number of carbonyl (C=O) groups is 1. The topological polar surface area (TPSA) is 66.2 Å². The number of benzene rings is 1.